The molecule has 2 aliphatic rings. The third kappa shape index (κ3) is 5.41. The van der Waals surface area contributed by atoms with Crippen molar-refractivity contribution in [2.45, 2.75) is 49.6 Å². The van der Waals surface area contributed by atoms with E-state index < -0.39 is 46.2 Å². The lowest BCUT2D eigenvalue weighted by molar-refractivity contribution is -0.137. The van der Waals surface area contributed by atoms with Crippen molar-refractivity contribution in [3.05, 3.63) is 75.4 Å². The van der Waals surface area contributed by atoms with Gasteiger partial charge in [0.2, 0.25) is 5.91 Å². The summed E-state index contributed by atoms with van der Waals surface area (Å²) in [5.74, 6) is -2.28. The van der Waals surface area contributed by atoms with Crippen LogP contribution in [0.15, 0.2) is 57.4 Å². The second-order valence-corrected chi connectivity index (χ2v) is 12.9. The molecule has 16 heteroatoms. The molecule has 4 heterocycles. The molecule has 2 aromatic heterocycles. The highest BCUT2D eigenvalue weighted by molar-refractivity contribution is 9.10. The maximum Gasteiger partial charge on any atom is 0.417 e. The molecule has 0 radical (unpaired) electrons. The molecular weight excluding hydrogens is 685 g/mol. The monoisotopic (exact) mass is 709 g/mol. The number of nitrogens with zero attached hydrogens (tertiary/aromatic N) is 7. The first-order chi connectivity index (χ1) is 21.3. The van der Waals surface area contributed by atoms with Crippen molar-refractivity contribution in [2.24, 2.45) is 0 Å². The van der Waals surface area contributed by atoms with E-state index in [9.17, 15) is 27.2 Å². The number of benzene rings is 2. The Labute approximate surface area is 265 Å². The lowest BCUT2D eigenvalue weighted by atomic mass is 9.95. The zero-order valence-electron chi connectivity index (χ0n) is 23.9. The van der Waals surface area contributed by atoms with Gasteiger partial charge in [0.15, 0.2) is 0 Å². The van der Waals surface area contributed by atoms with Gasteiger partial charge in [-0.3, -0.25) is 9.36 Å². The van der Waals surface area contributed by atoms with Crippen LogP contribution in [0.4, 0.5) is 27.8 Å². The summed E-state index contributed by atoms with van der Waals surface area (Å²) in [7, 11) is 0. The normalized spacial score (nSPS) is 20.4. The van der Waals surface area contributed by atoms with Crippen molar-refractivity contribution in [3.63, 3.8) is 0 Å². The predicted octanol–water partition coefficient (Wildman–Crippen LogP) is 5.67. The minimum Gasteiger partial charge on any atom is -0.352 e. The predicted molar refractivity (Wildman–Crippen MR) is 162 cm³/mol. The molecule has 2 aromatic carbocycles. The third-order valence-electron chi connectivity index (χ3n) is 8.06. The SMILES string of the molecule is C=CC(=O)N1[C@H](C)CN(c2nc(=O)n3c4c(c(-c5cc(Br)c(F)cc5F)c(C(F)(F)F)cc24)SC[C@@H](n2ccnn2)C3)C[C@@H]1C. The van der Waals surface area contributed by atoms with E-state index in [0.717, 1.165) is 23.9 Å². The quantitative estimate of drug-likeness (QED) is 0.153. The minimum absolute atomic E-state index is 0.000786. The summed E-state index contributed by atoms with van der Waals surface area (Å²) in [6, 6.07) is 1.10. The summed E-state index contributed by atoms with van der Waals surface area (Å²) >= 11 is 4.00. The van der Waals surface area contributed by atoms with Gasteiger partial charge in [0.1, 0.15) is 17.5 Å². The highest BCUT2D eigenvalue weighted by Gasteiger charge is 2.40. The average Bonchev–Trinajstić information content (AvgIpc) is 3.43. The number of thioether (sulfide) groups is 1. The lowest BCUT2D eigenvalue weighted by Crippen LogP contribution is -2.58. The number of carbonyl (C=O) groups is 1. The third-order valence-corrected chi connectivity index (χ3v) is 9.90. The number of hydrogen-bond acceptors (Lipinski definition) is 7. The summed E-state index contributed by atoms with van der Waals surface area (Å²) in [6.45, 7) is 7.50. The van der Waals surface area contributed by atoms with Crippen LogP contribution in [0.3, 0.4) is 0 Å². The summed E-state index contributed by atoms with van der Waals surface area (Å²) in [5, 5.41) is 7.89. The number of piperazine rings is 1. The molecule has 6 rings (SSSR count). The van der Waals surface area contributed by atoms with Gasteiger partial charge in [-0.15, -0.1) is 16.9 Å². The molecule has 45 heavy (non-hydrogen) atoms. The van der Waals surface area contributed by atoms with Crippen molar-refractivity contribution >= 4 is 50.3 Å². The smallest absolute Gasteiger partial charge is 0.352 e. The van der Waals surface area contributed by atoms with Gasteiger partial charge in [-0.1, -0.05) is 11.8 Å². The van der Waals surface area contributed by atoms with E-state index in [0.29, 0.717) is 6.07 Å². The number of alkyl halides is 3. The van der Waals surface area contributed by atoms with Gasteiger partial charge in [-0.05, 0) is 48.0 Å². The number of halogens is 6. The Morgan fingerprint density at radius 2 is 1.82 bits per heavy atom. The molecule has 1 fully saturated rings. The van der Waals surface area contributed by atoms with Crippen LogP contribution in [0.25, 0.3) is 22.0 Å². The summed E-state index contributed by atoms with van der Waals surface area (Å²) in [6.07, 6.45) is -0.748. The van der Waals surface area contributed by atoms with Crippen LogP contribution in [0.5, 0.6) is 0 Å². The number of aromatic nitrogens is 5. The number of rotatable bonds is 4. The molecule has 0 saturated carbocycles. The van der Waals surface area contributed by atoms with E-state index in [1.807, 2.05) is 0 Å². The molecule has 2 aliphatic heterocycles. The largest absolute Gasteiger partial charge is 0.417 e. The van der Waals surface area contributed by atoms with Gasteiger partial charge < -0.3 is 9.80 Å². The van der Waals surface area contributed by atoms with E-state index in [1.54, 1.807) is 29.8 Å². The number of amides is 1. The van der Waals surface area contributed by atoms with Gasteiger partial charge in [-0.25, -0.2) is 18.3 Å². The second kappa shape index (κ2) is 11.5. The Morgan fingerprint density at radius 1 is 1.11 bits per heavy atom. The maximum absolute atomic E-state index is 15.4. The van der Waals surface area contributed by atoms with Gasteiger partial charge in [0.05, 0.1) is 34.3 Å². The Bertz CT molecular complexity index is 1890. The molecule has 0 N–H and O–H groups in total. The molecule has 0 bridgehead atoms. The number of carbonyl (C=O) groups excluding carboxylic acids is 1. The summed E-state index contributed by atoms with van der Waals surface area (Å²) in [4.78, 5) is 34.0. The van der Waals surface area contributed by atoms with E-state index in [1.165, 1.54) is 21.5 Å². The van der Waals surface area contributed by atoms with Gasteiger partial charge in [-0.2, -0.15) is 18.2 Å². The second-order valence-electron chi connectivity index (χ2n) is 11.0. The molecule has 236 valence electrons. The fourth-order valence-electron chi connectivity index (χ4n) is 6.20. The van der Waals surface area contributed by atoms with Crippen molar-refractivity contribution < 1.29 is 26.7 Å². The molecule has 3 atom stereocenters. The molecule has 4 aromatic rings. The van der Waals surface area contributed by atoms with E-state index in [2.05, 4.69) is 37.8 Å². The first-order valence-electron chi connectivity index (χ1n) is 13.8. The molecule has 1 amide bonds. The average molecular weight is 711 g/mol. The fraction of sp³-hybridized carbons (Fsp3) is 0.345. The topological polar surface area (TPSA) is 89.2 Å². The zero-order valence-corrected chi connectivity index (χ0v) is 26.3. The van der Waals surface area contributed by atoms with Crippen LogP contribution in [-0.4, -0.2) is 66.3 Å². The summed E-state index contributed by atoms with van der Waals surface area (Å²) < 4.78 is 77.1. The van der Waals surface area contributed by atoms with Crippen molar-refractivity contribution in [2.75, 3.05) is 23.7 Å². The molecular formula is C29H25BrF5N7O2S. The maximum atomic E-state index is 15.4. The van der Waals surface area contributed by atoms with E-state index in [4.69, 9.17) is 0 Å². The molecule has 0 unspecified atom stereocenters. The van der Waals surface area contributed by atoms with Crippen molar-refractivity contribution in [3.8, 4) is 11.1 Å². The van der Waals surface area contributed by atoms with Crippen LogP contribution in [-0.2, 0) is 17.5 Å². The van der Waals surface area contributed by atoms with Crippen LogP contribution in [0, 0.1) is 11.6 Å². The highest BCUT2D eigenvalue weighted by Crippen LogP contribution is 2.50. The number of anilines is 1. The Morgan fingerprint density at radius 3 is 2.44 bits per heavy atom. The lowest BCUT2D eigenvalue weighted by Gasteiger charge is -2.44. The standard InChI is InChI=1S/C29H25BrF5N7O2S/c1-4-23(43)42-14(2)10-39(11-15(42)3)27-18-7-19(29(33,34)35)24(17-8-20(30)22(32)9-21(17)31)26-25(18)40(28(44)37-27)12-16(13-45-26)41-6-5-36-38-41/h4-9,14-16H,1,10-13H2,2-3H3/t14-,15+,16-/m0/s1. The van der Waals surface area contributed by atoms with Gasteiger partial charge in [0.25, 0.3) is 0 Å². The minimum atomic E-state index is -4.97. The van der Waals surface area contributed by atoms with Gasteiger partial charge >= 0.3 is 11.9 Å². The molecule has 0 aliphatic carbocycles. The van der Waals surface area contributed by atoms with Crippen LogP contribution in [0.1, 0.15) is 25.5 Å². The van der Waals surface area contributed by atoms with Crippen LogP contribution < -0.4 is 10.6 Å². The molecule has 9 nitrogen and oxygen atoms in total. The van der Waals surface area contributed by atoms with E-state index in [-0.39, 0.29) is 69.5 Å². The van der Waals surface area contributed by atoms with Crippen molar-refractivity contribution in [1.29, 1.82) is 0 Å². The zero-order chi connectivity index (χ0) is 32.4. The number of hydrogen-bond donors (Lipinski definition) is 0. The first-order valence-corrected chi connectivity index (χ1v) is 15.6. The Hall–Kier alpha value is -3.79. The van der Waals surface area contributed by atoms with Gasteiger partial charge in [0, 0.05) is 64.6 Å². The molecule has 1 saturated heterocycles. The highest BCUT2D eigenvalue weighted by atomic mass is 79.9. The first kappa shape index (κ1) is 31.2. The Balaban J connectivity index is 1.66. The van der Waals surface area contributed by atoms with Crippen LogP contribution in [0.2, 0.25) is 0 Å². The van der Waals surface area contributed by atoms with E-state index >= 15 is 4.39 Å². The molecule has 0 spiro atoms. The Kier molecular flexibility index (Phi) is 8.00. The summed E-state index contributed by atoms with van der Waals surface area (Å²) in [5.41, 5.74) is -2.72. The van der Waals surface area contributed by atoms with Crippen LogP contribution >= 0.6 is 27.7 Å². The van der Waals surface area contributed by atoms with Crippen molar-refractivity contribution in [1.82, 2.24) is 29.4 Å². The fourth-order valence-corrected chi connectivity index (χ4v) is 7.88.